The Morgan fingerprint density at radius 2 is 1.75 bits per heavy atom. The van der Waals surface area contributed by atoms with Gasteiger partial charge in [0.15, 0.2) is 0 Å². The minimum absolute atomic E-state index is 0.100. The van der Waals surface area contributed by atoms with E-state index in [2.05, 4.69) is 37.3 Å². The van der Waals surface area contributed by atoms with Crippen molar-refractivity contribution in [3.8, 4) is 0 Å². The van der Waals surface area contributed by atoms with Crippen molar-refractivity contribution in [3.63, 3.8) is 0 Å². The summed E-state index contributed by atoms with van der Waals surface area (Å²) in [5.74, 6) is 0. The van der Waals surface area contributed by atoms with Crippen LogP contribution in [-0.4, -0.2) is 0 Å². The molecule has 2 rings (SSSR count). The van der Waals surface area contributed by atoms with Crippen molar-refractivity contribution in [1.29, 1.82) is 0 Å². The fourth-order valence-electron chi connectivity index (χ4n) is 1.51. The lowest BCUT2D eigenvalue weighted by atomic mass is 10.1. The van der Waals surface area contributed by atoms with Crippen molar-refractivity contribution >= 4 is 34.5 Å². The van der Waals surface area contributed by atoms with E-state index >= 15 is 0 Å². The third-order valence-corrected chi connectivity index (χ3v) is 4.73. The minimum Gasteiger partial charge on any atom is -0.126 e. The van der Waals surface area contributed by atoms with Gasteiger partial charge in [-0.1, -0.05) is 41.4 Å². The molecular weight excluding hydrogens is 259 g/mol. The first kappa shape index (κ1) is 12.0. The predicted octanol–water partition coefficient (Wildman–Crippen LogP) is 5.35. The number of alkyl halides is 1. The van der Waals surface area contributed by atoms with E-state index in [1.165, 1.54) is 5.56 Å². The number of benzene rings is 1. The monoisotopic (exact) mass is 270 g/mol. The van der Waals surface area contributed by atoms with E-state index in [1.54, 1.807) is 11.3 Å². The highest BCUT2D eigenvalue weighted by Crippen LogP contribution is 2.37. The van der Waals surface area contributed by atoms with Crippen molar-refractivity contribution in [1.82, 2.24) is 0 Å². The molecule has 0 aliphatic heterocycles. The van der Waals surface area contributed by atoms with Gasteiger partial charge in [-0.05, 0) is 31.0 Å². The van der Waals surface area contributed by atoms with Crippen molar-refractivity contribution in [2.45, 2.75) is 19.2 Å². The lowest BCUT2D eigenvalue weighted by molar-refractivity contribution is 1.17. The van der Waals surface area contributed by atoms with Crippen molar-refractivity contribution < 1.29 is 0 Å². The molecule has 0 fully saturated rings. The van der Waals surface area contributed by atoms with Gasteiger partial charge in [-0.25, -0.2) is 0 Å². The first-order valence-electron chi connectivity index (χ1n) is 5.04. The van der Waals surface area contributed by atoms with E-state index in [9.17, 15) is 0 Å². The molecule has 0 spiro atoms. The molecule has 1 atom stereocenters. The Kier molecular flexibility index (Phi) is 3.58. The number of hydrogen-bond acceptors (Lipinski definition) is 1. The highest BCUT2D eigenvalue weighted by Gasteiger charge is 2.14. The summed E-state index contributed by atoms with van der Waals surface area (Å²) in [7, 11) is 0. The normalized spacial score (nSPS) is 12.8. The molecule has 0 aliphatic carbocycles. The van der Waals surface area contributed by atoms with Gasteiger partial charge in [0, 0.05) is 4.88 Å². The number of thiophene rings is 1. The molecule has 0 radical (unpaired) electrons. The van der Waals surface area contributed by atoms with Crippen molar-refractivity contribution in [2.75, 3.05) is 0 Å². The SMILES string of the molecule is Cc1ccc(C(Cl)c2cc(C)c(Cl)s2)cc1. The Morgan fingerprint density at radius 1 is 1.12 bits per heavy atom. The molecule has 0 bridgehead atoms. The molecule has 0 saturated heterocycles. The van der Waals surface area contributed by atoms with Gasteiger partial charge in [0.25, 0.3) is 0 Å². The summed E-state index contributed by atoms with van der Waals surface area (Å²) in [6, 6.07) is 10.3. The molecule has 1 unspecified atom stereocenters. The van der Waals surface area contributed by atoms with Crippen LogP contribution in [0.2, 0.25) is 4.34 Å². The zero-order valence-electron chi connectivity index (χ0n) is 9.13. The summed E-state index contributed by atoms with van der Waals surface area (Å²) in [5.41, 5.74) is 3.46. The van der Waals surface area contributed by atoms with Gasteiger partial charge in [-0.3, -0.25) is 0 Å². The molecular formula is C13H12Cl2S. The second-order valence-electron chi connectivity index (χ2n) is 3.88. The lowest BCUT2D eigenvalue weighted by Gasteiger charge is -2.07. The van der Waals surface area contributed by atoms with Gasteiger partial charge in [0.1, 0.15) is 0 Å². The molecule has 0 saturated carbocycles. The lowest BCUT2D eigenvalue weighted by Crippen LogP contribution is -1.89. The van der Waals surface area contributed by atoms with E-state index in [0.29, 0.717) is 0 Å². The maximum atomic E-state index is 6.42. The van der Waals surface area contributed by atoms with Gasteiger partial charge < -0.3 is 0 Å². The van der Waals surface area contributed by atoms with Crippen LogP contribution in [0, 0.1) is 13.8 Å². The second kappa shape index (κ2) is 4.79. The number of hydrogen-bond donors (Lipinski definition) is 0. The molecule has 16 heavy (non-hydrogen) atoms. The summed E-state index contributed by atoms with van der Waals surface area (Å²) in [6.07, 6.45) is 0. The molecule has 1 heterocycles. The van der Waals surface area contributed by atoms with Gasteiger partial charge in [0.2, 0.25) is 0 Å². The van der Waals surface area contributed by atoms with Crippen LogP contribution in [0.3, 0.4) is 0 Å². The molecule has 0 N–H and O–H groups in total. The third-order valence-electron chi connectivity index (χ3n) is 2.50. The highest BCUT2D eigenvalue weighted by atomic mass is 35.5. The first-order valence-corrected chi connectivity index (χ1v) is 6.67. The average molecular weight is 271 g/mol. The largest absolute Gasteiger partial charge is 0.126 e. The predicted molar refractivity (Wildman–Crippen MR) is 72.9 cm³/mol. The molecule has 3 heteroatoms. The summed E-state index contributed by atoms with van der Waals surface area (Å²) >= 11 is 14.0. The van der Waals surface area contributed by atoms with E-state index in [-0.39, 0.29) is 5.38 Å². The Labute approximate surface area is 110 Å². The number of rotatable bonds is 2. The van der Waals surface area contributed by atoms with Gasteiger partial charge in [-0.15, -0.1) is 22.9 Å². The van der Waals surface area contributed by atoms with Gasteiger partial charge in [0.05, 0.1) is 9.71 Å². The Morgan fingerprint density at radius 3 is 2.25 bits per heavy atom. The van der Waals surface area contributed by atoms with Crippen LogP contribution in [0.25, 0.3) is 0 Å². The van der Waals surface area contributed by atoms with E-state index < -0.39 is 0 Å². The maximum Gasteiger partial charge on any atom is 0.0960 e. The Bertz CT molecular complexity index is 466. The molecule has 1 aromatic carbocycles. The molecule has 84 valence electrons. The third kappa shape index (κ3) is 2.42. The molecule has 0 nitrogen and oxygen atoms in total. The molecule has 0 aliphatic rings. The van der Waals surface area contributed by atoms with Crippen molar-refractivity contribution in [2.24, 2.45) is 0 Å². The van der Waals surface area contributed by atoms with Crippen LogP contribution in [0.5, 0.6) is 0 Å². The fraction of sp³-hybridized carbons (Fsp3) is 0.231. The molecule has 1 aromatic heterocycles. The average Bonchev–Trinajstić information content (AvgIpc) is 2.59. The van der Waals surface area contributed by atoms with E-state index in [0.717, 1.165) is 20.3 Å². The summed E-state index contributed by atoms with van der Waals surface area (Å²) in [4.78, 5) is 1.10. The van der Waals surface area contributed by atoms with E-state index in [1.807, 2.05) is 6.92 Å². The standard InChI is InChI=1S/C13H12Cl2S/c1-8-3-5-10(6-4-8)12(14)11-7-9(2)13(15)16-11/h3-7,12H,1-2H3. The highest BCUT2D eigenvalue weighted by molar-refractivity contribution is 7.16. The topological polar surface area (TPSA) is 0 Å². The number of aryl methyl sites for hydroxylation is 2. The summed E-state index contributed by atoms with van der Waals surface area (Å²) < 4.78 is 0.827. The van der Waals surface area contributed by atoms with Crippen LogP contribution >= 0.6 is 34.5 Å². The smallest absolute Gasteiger partial charge is 0.0960 e. The quantitative estimate of drug-likeness (QED) is 0.646. The minimum atomic E-state index is -0.100. The maximum absolute atomic E-state index is 6.42. The summed E-state index contributed by atoms with van der Waals surface area (Å²) in [6.45, 7) is 4.07. The molecule has 0 amide bonds. The van der Waals surface area contributed by atoms with Gasteiger partial charge in [-0.2, -0.15) is 0 Å². The van der Waals surface area contributed by atoms with E-state index in [4.69, 9.17) is 23.2 Å². The van der Waals surface area contributed by atoms with Crippen LogP contribution in [0.1, 0.15) is 26.9 Å². The van der Waals surface area contributed by atoms with Gasteiger partial charge >= 0.3 is 0 Å². The fourth-order valence-corrected chi connectivity index (χ4v) is 3.07. The zero-order chi connectivity index (χ0) is 11.7. The Balaban J connectivity index is 2.31. The van der Waals surface area contributed by atoms with Crippen LogP contribution in [0.4, 0.5) is 0 Å². The van der Waals surface area contributed by atoms with Crippen LogP contribution in [-0.2, 0) is 0 Å². The zero-order valence-corrected chi connectivity index (χ0v) is 11.5. The van der Waals surface area contributed by atoms with Crippen LogP contribution in [0.15, 0.2) is 30.3 Å². The number of halogens is 2. The summed E-state index contributed by atoms with van der Waals surface area (Å²) in [5, 5.41) is -0.100. The van der Waals surface area contributed by atoms with Crippen LogP contribution < -0.4 is 0 Å². The first-order chi connectivity index (χ1) is 7.58. The molecule has 2 aromatic rings. The second-order valence-corrected chi connectivity index (χ2v) is 6.00. The Hall–Kier alpha value is -0.500. The van der Waals surface area contributed by atoms with Crippen molar-refractivity contribution in [3.05, 3.63) is 56.2 Å².